The van der Waals surface area contributed by atoms with Gasteiger partial charge in [-0.05, 0) is 18.9 Å². The summed E-state index contributed by atoms with van der Waals surface area (Å²) >= 11 is 0. The molecule has 1 aliphatic rings. The predicted molar refractivity (Wildman–Crippen MR) is 111 cm³/mol. The first kappa shape index (κ1) is 23.2. The monoisotopic (exact) mass is 365 g/mol. The molecule has 0 aromatic carbocycles. The second-order valence-electron chi connectivity index (χ2n) is 7.90. The molecule has 0 amide bonds. The molecule has 152 valence electrons. The van der Waals surface area contributed by atoms with E-state index in [1.54, 1.807) is 0 Å². The third-order valence-electron chi connectivity index (χ3n) is 5.32. The number of hydrogen-bond acceptors (Lipinski definition) is 3. The van der Waals surface area contributed by atoms with E-state index in [0.717, 1.165) is 12.8 Å². The molecule has 0 saturated heterocycles. The van der Waals surface area contributed by atoms with Crippen LogP contribution in [-0.2, 0) is 9.63 Å². The van der Waals surface area contributed by atoms with Crippen molar-refractivity contribution < 1.29 is 9.63 Å². The quantitative estimate of drug-likeness (QED) is 0.265. The van der Waals surface area contributed by atoms with Gasteiger partial charge in [0.15, 0.2) is 5.78 Å². The topological polar surface area (TPSA) is 38.3 Å². The summed E-state index contributed by atoms with van der Waals surface area (Å²) in [5.74, 6) is 0.219. The van der Waals surface area contributed by atoms with Crippen molar-refractivity contribution >= 4 is 5.78 Å². The highest BCUT2D eigenvalue weighted by molar-refractivity contribution is 5.94. The zero-order chi connectivity index (χ0) is 18.9. The van der Waals surface area contributed by atoms with Gasteiger partial charge in [-0.25, -0.2) is 0 Å². The minimum Gasteiger partial charge on any atom is -0.292 e. The number of carbonyl (C=O) groups excluding carboxylic acids is 1. The summed E-state index contributed by atoms with van der Waals surface area (Å²) in [6, 6.07) is 0. The largest absolute Gasteiger partial charge is 0.292 e. The Labute approximate surface area is 162 Å². The zero-order valence-corrected chi connectivity index (χ0v) is 17.5. The lowest BCUT2D eigenvalue weighted by molar-refractivity contribution is -0.117. The molecule has 1 heterocycles. The van der Waals surface area contributed by atoms with Crippen LogP contribution in [0, 0.1) is 0 Å². The minimum atomic E-state index is 0.0862. The average molecular weight is 366 g/mol. The van der Waals surface area contributed by atoms with Crippen LogP contribution in [0.1, 0.15) is 123 Å². The van der Waals surface area contributed by atoms with Crippen LogP contribution < -0.4 is 5.48 Å². The summed E-state index contributed by atoms with van der Waals surface area (Å²) in [6.07, 6.45) is 23.2. The Morgan fingerprint density at radius 3 is 1.88 bits per heavy atom. The van der Waals surface area contributed by atoms with Gasteiger partial charge in [0, 0.05) is 6.42 Å². The van der Waals surface area contributed by atoms with Gasteiger partial charge in [-0.15, -0.1) is 0 Å². The molecule has 0 radical (unpaired) electrons. The van der Waals surface area contributed by atoms with Gasteiger partial charge in [-0.3, -0.25) is 15.1 Å². The van der Waals surface area contributed by atoms with E-state index in [0.29, 0.717) is 12.1 Å². The molecule has 0 aliphatic carbocycles. The Balaban J connectivity index is 1.95. The van der Waals surface area contributed by atoms with E-state index in [9.17, 15) is 4.79 Å². The van der Waals surface area contributed by atoms with Crippen LogP contribution in [-0.4, -0.2) is 11.9 Å². The van der Waals surface area contributed by atoms with Crippen molar-refractivity contribution in [1.29, 1.82) is 0 Å². The minimum absolute atomic E-state index is 0.0862. The number of Topliss-reactive ketones (excluding diaryl/α,β-unsaturated/α-hetero) is 1. The van der Waals surface area contributed by atoms with Crippen LogP contribution in [0.15, 0.2) is 11.8 Å². The number of nitrogens with one attached hydrogen (secondary N) is 1. The Morgan fingerprint density at radius 2 is 1.31 bits per heavy atom. The highest BCUT2D eigenvalue weighted by Crippen LogP contribution is 2.17. The second-order valence-corrected chi connectivity index (χ2v) is 7.90. The lowest BCUT2D eigenvalue weighted by Crippen LogP contribution is -2.16. The van der Waals surface area contributed by atoms with Gasteiger partial charge in [0.2, 0.25) is 0 Å². The molecule has 1 atom stereocenters. The third-order valence-corrected chi connectivity index (χ3v) is 5.32. The molecule has 0 saturated carbocycles. The van der Waals surface area contributed by atoms with E-state index in [4.69, 9.17) is 4.84 Å². The Morgan fingerprint density at radius 1 is 0.808 bits per heavy atom. The Bertz CT molecular complexity index is 378. The summed E-state index contributed by atoms with van der Waals surface area (Å²) in [7, 11) is 0. The molecule has 1 unspecified atom stereocenters. The number of hydrogen-bond donors (Lipinski definition) is 1. The van der Waals surface area contributed by atoms with E-state index < -0.39 is 0 Å². The lowest BCUT2D eigenvalue weighted by atomic mass is 10.0. The normalized spacial score (nSPS) is 16.5. The fourth-order valence-electron chi connectivity index (χ4n) is 3.54. The molecular formula is C23H43NO2. The highest BCUT2D eigenvalue weighted by atomic mass is 16.7. The Hall–Kier alpha value is -0.830. The molecule has 0 aromatic rings. The maximum atomic E-state index is 12.2. The summed E-state index contributed by atoms with van der Waals surface area (Å²) in [5.41, 5.74) is 3.54. The summed E-state index contributed by atoms with van der Waals surface area (Å²) in [5, 5.41) is 0. The van der Waals surface area contributed by atoms with Crippen molar-refractivity contribution in [1.82, 2.24) is 5.48 Å². The number of carbonyl (C=O) groups is 1. The molecule has 1 rings (SSSR count). The molecular weight excluding hydrogens is 322 g/mol. The number of allylic oxidation sites excluding steroid dienone is 1. The molecule has 0 bridgehead atoms. The van der Waals surface area contributed by atoms with Crippen LogP contribution in [0.3, 0.4) is 0 Å². The molecule has 3 nitrogen and oxygen atoms in total. The first-order valence-electron chi connectivity index (χ1n) is 11.4. The fourth-order valence-corrected chi connectivity index (χ4v) is 3.54. The van der Waals surface area contributed by atoms with Crippen LogP contribution in [0.2, 0.25) is 0 Å². The number of ketones is 1. The van der Waals surface area contributed by atoms with E-state index >= 15 is 0 Å². The third kappa shape index (κ3) is 11.7. The van der Waals surface area contributed by atoms with Gasteiger partial charge in [0.05, 0.1) is 0 Å². The van der Waals surface area contributed by atoms with E-state index in [-0.39, 0.29) is 11.9 Å². The average Bonchev–Trinajstić information content (AvgIpc) is 3.12. The molecule has 0 fully saturated rings. The van der Waals surface area contributed by atoms with Gasteiger partial charge in [0.1, 0.15) is 11.8 Å². The SMILES string of the molecule is CCCCCCCCCCCCCC(=O)C1=CC(CCCCCC)ON1. The molecule has 1 N–H and O–H groups in total. The predicted octanol–water partition coefficient (Wildman–Crippen LogP) is 7.01. The van der Waals surface area contributed by atoms with Crippen molar-refractivity contribution in [2.45, 2.75) is 129 Å². The zero-order valence-electron chi connectivity index (χ0n) is 17.5. The second kappa shape index (κ2) is 16.4. The van der Waals surface area contributed by atoms with Crippen molar-refractivity contribution in [2.24, 2.45) is 0 Å². The standard InChI is InChI=1S/C23H43NO2/c1-3-5-7-9-10-11-12-13-14-15-17-19-23(25)22-20-21(26-24-22)18-16-8-6-4-2/h20-21,24H,3-19H2,1-2H3. The van der Waals surface area contributed by atoms with Crippen molar-refractivity contribution in [3.05, 3.63) is 11.8 Å². The molecule has 3 heteroatoms. The molecule has 1 aliphatic heterocycles. The van der Waals surface area contributed by atoms with E-state index in [1.807, 2.05) is 6.08 Å². The number of hydroxylamine groups is 1. The van der Waals surface area contributed by atoms with Crippen molar-refractivity contribution in [3.63, 3.8) is 0 Å². The van der Waals surface area contributed by atoms with Gasteiger partial charge in [-0.1, -0.05) is 104 Å². The van der Waals surface area contributed by atoms with Crippen LogP contribution in [0.25, 0.3) is 0 Å². The van der Waals surface area contributed by atoms with Crippen LogP contribution >= 0.6 is 0 Å². The molecule has 26 heavy (non-hydrogen) atoms. The molecule has 0 aromatic heterocycles. The summed E-state index contributed by atoms with van der Waals surface area (Å²) in [6.45, 7) is 4.49. The first-order chi connectivity index (χ1) is 12.8. The van der Waals surface area contributed by atoms with Crippen LogP contribution in [0.4, 0.5) is 0 Å². The summed E-state index contributed by atoms with van der Waals surface area (Å²) < 4.78 is 0. The molecule has 0 spiro atoms. The number of rotatable bonds is 18. The van der Waals surface area contributed by atoms with E-state index in [1.165, 1.54) is 89.9 Å². The van der Waals surface area contributed by atoms with Gasteiger partial charge in [-0.2, -0.15) is 0 Å². The number of unbranched alkanes of at least 4 members (excludes halogenated alkanes) is 13. The maximum Gasteiger partial charge on any atom is 0.180 e. The smallest absolute Gasteiger partial charge is 0.180 e. The maximum absolute atomic E-state index is 12.2. The van der Waals surface area contributed by atoms with Crippen molar-refractivity contribution in [2.75, 3.05) is 0 Å². The van der Waals surface area contributed by atoms with Crippen LogP contribution in [0.5, 0.6) is 0 Å². The van der Waals surface area contributed by atoms with Gasteiger partial charge < -0.3 is 0 Å². The summed E-state index contributed by atoms with van der Waals surface area (Å²) in [4.78, 5) is 17.7. The van der Waals surface area contributed by atoms with Gasteiger partial charge >= 0.3 is 0 Å². The first-order valence-corrected chi connectivity index (χ1v) is 11.4. The highest BCUT2D eigenvalue weighted by Gasteiger charge is 2.20. The Kier molecular flexibility index (Phi) is 14.6. The lowest BCUT2D eigenvalue weighted by Gasteiger charge is -2.06. The van der Waals surface area contributed by atoms with E-state index in [2.05, 4.69) is 19.3 Å². The van der Waals surface area contributed by atoms with Crippen molar-refractivity contribution in [3.8, 4) is 0 Å². The van der Waals surface area contributed by atoms with Gasteiger partial charge in [0.25, 0.3) is 0 Å². The fraction of sp³-hybridized carbons (Fsp3) is 0.870.